The Labute approximate surface area is 124 Å². The van der Waals surface area contributed by atoms with Crippen LogP contribution in [0.5, 0.6) is 0 Å². The first-order valence-corrected chi connectivity index (χ1v) is 6.71. The van der Waals surface area contributed by atoms with Gasteiger partial charge in [-0.2, -0.15) is 0 Å². The topological polar surface area (TPSA) is 20.3 Å². The SMILES string of the molecule is CN(Cc1cccc(F)c1)C(=O)c1ccc(F)c(Br)c1. The molecule has 0 atom stereocenters. The van der Waals surface area contributed by atoms with Crippen LogP contribution in [0.15, 0.2) is 46.9 Å². The highest BCUT2D eigenvalue weighted by Gasteiger charge is 2.13. The van der Waals surface area contributed by atoms with Crippen molar-refractivity contribution in [3.8, 4) is 0 Å². The average Bonchev–Trinajstić information content (AvgIpc) is 2.41. The summed E-state index contributed by atoms with van der Waals surface area (Å²) in [4.78, 5) is 13.6. The van der Waals surface area contributed by atoms with E-state index < -0.39 is 5.82 Å². The summed E-state index contributed by atoms with van der Waals surface area (Å²) < 4.78 is 26.5. The number of halogens is 3. The molecular weight excluding hydrogens is 328 g/mol. The van der Waals surface area contributed by atoms with Crippen molar-refractivity contribution >= 4 is 21.8 Å². The average molecular weight is 340 g/mol. The summed E-state index contributed by atoms with van der Waals surface area (Å²) in [6.45, 7) is 0.283. The molecule has 0 aliphatic rings. The summed E-state index contributed by atoms with van der Waals surface area (Å²) in [6.07, 6.45) is 0. The van der Waals surface area contributed by atoms with Crippen LogP contribution in [0.25, 0.3) is 0 Å². The summed E-state index contributed by atoms with van der Waals surface area (Å²) >= 11 is 3.04. The third-order valence-electron chi connectivity index (χ3n) is 2.82. The molecule has 0 saturated carbocycles. The zero-order chi connectivity index (χ0) is 14.7. The normalized spacial score (nSPS) is 10.4. The summed E-state index contributed by atoms with van der Waals surface area (Å²) in [5.74, 6) is -1.02. The van der Waals surface area contributed by atoms with Crippen LogP contribution in [0, 0.1) is 11.6 Å². The lowest BCUT2D eigenvalue weighted by atomic mass is 10.1. The smallest absolute Gasteiger partial charge is 0.253 e. The summed E-state index contributed by atoms with van der Waals surface area (Å²) in [6, 6.07) is 10.1. The second-order valence-electron chi connectivity index (χ2n) is 4.42. The molecule has 20 heavy (non-hydrogen) atoms. The minimum absolute atomic E-state index is 0.238. The van der Waals surface area contributed by atoms with Crippen molar-refractivity contribution < 1.29 is 13.6 Å². The van der Waals surface area contributed by atoms with Gasteiger partial charge in [-0.3, -0.25) is 4.79 Å². The third kappa shape index (κ3) is 3.42. The van der Waals surface area contributed by atoms with Gasteiger partial charge in [0.1, 0.15) is 11.6 Å². The Bertz CT molecular complexity index is 646. The van der Waals surface area contributed by atoms with Crippen molar-refractivity contribution in [1.29, 1.82) is 0 Å². The summed E-state index contributed by atoms with van der Waals surface area (Å²) in [7, 11) is 1.62. The van der Waals surface area contributed by atoms with Crippen molar-refractivity contribution in [1.82, 2.24) is 4.90 Å². The molecule has 0 radical (unpaired) electrons. The molecule has 2 rings (SSSR count). The highest BCUT2D eigenvalue weighted by atomic mass is 79.9. The van der Waals surface area contributed by atoms with E-state index in [1.165, 1.54) is 35.2 Å². The minimum Gasteiger partial charge on any atom is -0.337 e. The molecule has 0 aliphatic heterocycles. The van der Waals surface area contributed by atoms with Crippen molar-refractivity contribution in [3.05, 3.63) is 69.7 Å². The third-order valence-corrected chi connectivity index (χ3v) is 3.43. The molecule has 0 bridgehead atoms. The number of carbonyl (C=O) groups is 1. The van der Waals surface area contributed by atoms with E-state index in [1.54, 1.807) is 19.2 Å². The lowest BCUT2D eigenvalue weighted by Crippen LogP contribution is -2.26. The molecule has 104 valence electrons. The molecule has 0 aliphatic carbocycles. The van der Waals surface area contributed by atoms with E-state index >= 15 is 0 Å². The first-order chi connectivity index (χ1) is 9.47. The maximum Gasteiger partial charge on any atom is 0.253 e. The molecule has 0 heterocycles. The van der Waals surface area contributed by atoms with Gasteiger partial charge in [-0.15, -0.1) is 0 Å². The van der Waals surface area contributed by atoms with Crippen LogP contribution < -0.4 is 0 Å². The summed E-state index contributed by atoms with van der Waals surface area (Å²) in [5, 5.41) is 0. The van der Waals surface area contributed by atoms with Crippen LogP contribution in [-0.2, 0) is 6.54 Å². The molecule has 2 aromatic carbocycles. The maximum absolute atomic E-state index is 13.1. The maximum atomic E-state index is 13.1. The highest BCUT2D eigenvalue weighted by Crippen LogP contribution is 2.18. The van der Waals surface area contributed by atoms with Gasteiger partial charge in [0.25, 0.3) is 5.91 Å². The summed E-state index contributed by atoms with van der Waals surface area (Å²) in [5.41, 5.74) is 1.07. The van der Waals surface area contributed by atoms with Crippen LogP contribution >= 0.6 is 15.9 Å². The Morgan fingerprint density at radius 3 is 2.60 bits per heavy atom. The van der Waals surface area contributed by atoms with Crippen molar-refractivity contribution in [2.75, 3.05) is 7.05 Å². The predicted octanol–water partition coefficient (Wildman–Crippen LogP) is 4.00. The van der Waals surface area contributed by atoms with Gasteiger partial charge in [0.2, 0.25) is 0 Å². The molecule has 0 N–H and O–H groups in total. The van der Waals surface area contributed by atoms with E-state index in [-0.39, 0.29) is 22.7 Å². The van der Waals surface area contributed by atoms with E-state index in [0.29, 0.717) is 11.1 Å². The van der Waals surface area contributed by atoms with Gasteiger partial charge in [-0.25, -0.2) is 8.78 Å². The van der Waals surface area contributed by atoms with Gasteiger partial charge in [0.05, 0.1) is 4.47 Å². The second-order valence-corrected chi connectivity index (χ2v) is 5.27. The zero-order valence-corrected chi connectivity index (χ0v) is 12.3. The zero-order valence-electron chi connectivity index (χ0n) is 10.7. The van der Waals surface area contributed by atoms with Crippen LogP contribution in [0.1, 0.15) is 15.9 Å². The van der Waals surface area contributed by atoms with Crippen molar-refractivity contribution in [2.45, 2.75) is 6.54 Å². The molecule has 0 fully saturated rings. The molecular formula is C15H12BrF2NO. The molecule has 5 heteroatoms. The number of rotatable bonds is 3. The lowest BCUT2D eigenvalue weighted by molar-refractivity contribution is 0.0785. The van der Waals surface area contributed by atoms with E-state index in [0.717, 1.165) is 0 Å². The Hall–Kier alpha value is -1.75. The molecule has 0 saturated heterocycles. The second kappa shape index (κ2) is 6.13. The van der Waals surface area contributed by atoms with Gasteiger partial charge in [-0.05, 0) is 51.8 Å². The Morgan fingerprint density at radius 1 is 1.20 bits per heavy atom. The predicted molar refractivity (Wildman–Crippen MR) is 76.3 cm³/mol. The Morgan fingerprint density at radius 2 is 1.95 bits per heavy atom. The van der Waals surface area contributed by atoms with E-state index in [1.807, 2.05) is 0 Å². The molecule has 2 nitrogen and oxygen atoms in total. The van der Waals surface area contributed by atoms with Gasteiger partial charge in [-0.1, -0.05) is 12.1 Å². The van der Waals surface area contributed by atoms with Crippen molar-refractivity contribution in [3.63, 3.8) is 0 Å². The van der Waals surface area contributed by atoms with Gasteiger partial charge < -0.3 is 4.90 Å². The van der Waals surface area contributed by atoms with Gasteiger partial charge in [0, 0.05) is 19.2 Å². The van der Waals surface area contributed by atoms with Crippen LogP contribution in [0.2, 0.25) is 0 Å². The molecule has 0 unspecified atom stereocenters. The van der Waals surface area contributed by atoms with E-state index in [2.05, 4.69) is 15.9 Å². The Kier molecular flexibility index (Phi) is 4.49. The largest absolute Gasteiger partial charge is 0.337 e. The molecule has 0 spiro atoms. The number of hydrogen-bond donors (Lipinski definition) is 0. The molecule has 1 amide bonds. The monoisotopic (exact) mass is 339 g/mol. The number of carbonyl (C=O) groups excluding carboxylic acids is 1. The van der Waals surface area contributed by atoms with E-state index in [9.17, 15) is 13.6 Å². The lowest BCUT2D eigenvalue weighted by Gasteiger charge is -2.17. The van der Waals surface area contributed by atoms with Crippen LogP contribution in [0.3, 0.4) is 0 Å². The standard InChI is InChI=1S/C15H12BrF2NO/c1-19(9-10-3-2-4-12(17)7-10)15(20)11-5-6-14(18)13(16)8-11/h2-8H,9H2,1H3. The number of hydrogen-bond acceptors (Lipinski definition) is 1. The highest BCUT2D eigenvalue weighted by molar-refractivity contribution is 9.10. The van der Waals surface area contributed by atoms with Crippen LogP contribution in [-0.4, -0.2) is 17.9 Å². The fourth-order valence-corrected chi connectivity index (χ4v) is 2.21. The van der Waals surface area contributed by atoms with Gasteiger partial charge in [0.15, 0.2) is 0 Å². The molecule has 2 aromatic rings. The van der Waals surface area contributed by atoms with E-state index in [4.69, 9.17) is 0 Å². The first kappa shape index (κ1) is 14.7. The van der Waals surface area contributed by atoms with Crippen molar-refractivity contribution in [2.24, 2.45) is 0 Å². The fraction of sp³-hybridized carbons (Fsp3) is 0.133. The number of nitrogens with zero attached hydrogens (tertiary/aromatic N) is 1. The first-order valence-electron chi connectivity index (χ1n) is 5.92. The van der Waals surface area contributed by atoms with Crippen LogP contribution in [0.4, 0.5) is 8.78 Å². The number of benzene rings is 2. The quantitative estimate of drug-likeness (QED) is 0.827. The fourth-order valence-electron chi connectivity index (χ4n) is 1.83. The molecule has 0 aromatic heterocycles. The van der Waals surface area contributed by atoms with Gasteiger partial charge >= 0.3 is 0 Å². The Balaban J connectivity index is 2.14. The minimum atomic E-state index is -0.422. The number of amides is 1.